The van der Waals surface area contributed by atoms with Gasteiger partial charge in [-0.15, -0.1) is 11.3 Å². The number of thiophene rings is 1. The number of nitrogens with zero attached hydrogens (tertiary/aromatic N) is 3. The van der Waals surface area contributed by atoms with Gasteiger partial charge in [0, 0.05) is 35.4 Å². The standard InChI is InChI=1S/C19H20N4O2S/c1-13-6-9-26-18(13)10-21-16-11-25-12-17(16)23-19(24)3-2-15(22-23)14-4-7-20-8-5-14/h2-9,16-17,21H,10-12H2,1H3. The van der Waals surface area contributed by atoms with Crippen molar-refractivity contribution in [3.63, 3.8) is 0 Å². The fraction of sp³-hybridized carbons (Fsp3) is 0.316. The van der Waals surface area contributed by atoms with Gasteiger partial charge in [0.1, 0.15) is 0 Å². The van der Waals surface area contributed by atoms with Crippen LogP contribution in [0.2, 0.25) is 0 Å². The summed E-state index contributed by atoms with van der Waals surface area (Å²) in [4.78, 5) is 17.8. The Morgan fingerprint density at radius 2 is 2.08 bits per heavy atom. The molecule has 0 amide bonds. The van der Waals surface area contributed by atoms with Crippen molar-refractivity contribution in [2.24, 2.45) is 0 Å². The molecule has 0 bridgehead atoms. The molecule has 0 aliphatic carbocycles. The van der Waals surface area contributed by atoms with Crippen LogP contribution in [0.4, 0.5) is 0 Å². The van der Waals surface area contributed by atoms with Crippen LogP contribution in [0.3, 0.4) is 0 Å². The number of hydrogen-bond donors (Lipinski definition) is 1. The van der Waals surface area contributed by atoms with Gasteiger partial charge in [0.05, 0.1) is 31.0 Å². The summed E-state index contributed by atoms with van der Waals surface area (Å²) in [5.41, 5.74) is 2.86. The Kier molecular flexibility index (Phi) is 4.92. The summed E-state index contributed by atoms with van der Waals surface area (Å²) in [5.74, 6) is 0. The van der Waals surface area contributed by atoms with Gasteiger partial charge in [0.25, 0.3) is 5.56 Å². The third kappa shape index (κ3) is 3.46. The molecule has 0 spiro atoms. The Balaban J connectivity index is 1.57. The van der Waals surface area contributed by atoms with E-state index in [9.17, 15) is 4.79 Å². The molecule has 4 rings (SSSR count). The van der Waals surface area contributed by atoms with E-state index in [0.717, 1.165) is 17.8 Å². The highest BCUT2D eigenvalue weighted by molar-refractivity contribution is 7.10. The first-order valence-electron chi connectivity index (χ1n) is 8.57. The van der Waals surface area contributed by atoms with Gasteiger partial charge in [-0.25, -0.2) is 4.68 Å². The van der Waals surface area contributed by atoms with Crippen molar-refractivity contribution >= 4 is 11.3 Å². The topological polar surface area (TPSA) is 69.0 Å². The van der Waals surface area contributed by atoms with Crippen molar-refractivity contribution in [2.45, 2.75) is 25.6 Å². The van der Waals surface area contributed by atoms with Crippen LogP contribution in [-0.4, -0.2) is 34.0 Å². The molecular formula is C19H20N4O2S. The summed E-state index contributed by atoms with van der Waals surface area (Å²) in [6.45, 7) is 3.93. The number of ether oxygens (including phenoxy) is 1. The van der Waals surface area contributed by atoms with E-state index in [0.29, 0.717) is 13.2 Å². The average molecular weight is 368 g/mol. The number of pyridine rings is 1. The van der Waals surface area contributed by atoms with Crippen LogP contribution >= 0.6 is 11.3 Å². The molecule has 1 N–H and O–H groups in total. The Morgan fingerprint density at radius 3 is 2.85 bits per heavy atom. The van der Waals surface area contributed by atoms with Crippen LogP contribution in [0, 0.1) is 6.92 Å². The monoisotopic (exact) mass is 368 g/mol. The zero-order chi connectivity index (χ0) is 17.9. The smallest absolute Gasteiger partial charge is 0.267 e. The van der Waals surface area contributed by atoms with Gasteiger partial charge in [0.2, 0.25) is 0 Å². The van der Waals surface area contributed by atoms with Crippen molar-refractivity contribution in [3.8, 4) is 11.3 Å². The zero-order valence-corrected chi connectivity index (χ0v) is 15.3. The normalized spacial score (nSPS) is 19.7. The van der Waals surface area contributed by atoms with Crippen LogP contribution in [0.1, 0.15) is 16.5 Å². The molecule has 2 unspecified atom stereocenters. The Bertz CT molecular complexity index is 938. The molecule has 3 aromatic heterocycles. The molecule has 134 valence electrons. The average Bonchev–Trinajstić information content (AvgIpc) is 3.30. The van der Waals surface area contributed by atoms with E-state index in [4.69, 9.17) is 4.74 Å². The van der Waals surface area contributed by atoms with E-state index < -0.39 is 0 Å². The lowest BCUT2D eigenvalue weighted by atomic mass is 10.1. The number of nitrogens with one attached hydrogen (secondary N) is 1. The third-order valence-electron chi connectivity index (χ3n) is 4.66. The molecule has 7 heteroatoms. The summed E-state index contributed by atoms with van der Waals surface area (Å²) < 4.78 is 7.21. The highest BCUT2D eigenvalue weighted by Crippen LogP contribution is 2.21. The van der Waals surface area contributed by atoms with E-state index >= 15 is 0 Å². The number of rotatable bonds is 5. The van der Waals surface area contributed by atoms with Crippen molar-refractivity contribution < 1.29 is 4.74 Å². The van der Waals surface area contributed by atoms with Crippen molar-refractivity contribution in [2.75, 3.05) is 13.2 Å². The largest absolute Gasteiger partial charge is 0.377 e. The summed E-state index contributed by atoms with van der Waals surface area (Å²) in [6.07, 6.45) is 3.44. The van der Waals surface area contributed by atoms with Crippen molar-refractivity contribution in [3.05, 3.63) is 68.9 Å². The van der Waals surface area contributed by atoms with Crippen LogP contribution in [0.15, 0.2) is 52.9 Å². The van der Waals surface area contributed by atoms with E-state index in [-0.39, 0.29) is 17.6 Å². The lowest BCUT2D eigenvalue weighted by molar-refractivity contribution is 0.181. The number of hydrogen-bond acceptors (Lipinski definition) is 6. The minimum atomic E-state index is -0.121. The maximum absolute atomic E-state index is 12.4. The minimum absolute atomic E-state index is 0.0504. The van der Waals surface area contributed by atoms with Crippen LogP contribution in [-0.2, 0) is 11.3 Å². The summed E-state index contributed by atoms with van der Waals surface area (Å²) in [6, 6.07) is 9.14. The molecule has 2 atom stereocenters. The molecule has 1 aliphatic rings. The highest BCUT2D eigenvalue weighted by Gasteiger charge is 2.31. The Morgan fingerprint density at radius 1 is 1.23 bits per heavy atom. The molecule has 0 aromatic carbocycles. The van der Waals surface area contributed by atoms with E-state index in [1.807, 2.05) is 12.1 Å². The van der Waals surface area contributed by atoms with E-state index in [1.54, 1.807) is 40.5 Å². The number of aryl methyl sites for hydroxylation is 1. The molecule has 1 aliphatic heterocycles. The first-order valence-corrected chi connectivity index (χ1v) is 9.45. The molecule has 1 fully saturated rings. The Labute approximate surface area is 155 Å². The van der Waals surface area contributed by atoms with Crippen LogP contribution < -0.4 is 10.9 Å². The predicted molar refractivity (Wildman–Crippen MR) is 101 cm³/mol. The lowest BCUT2D eigenvalue weighted by Gasteiger charge is -2.20. The quantitative estimate of drug-likeness (QED) is 0.749. The van der Waals surface area contributed by atoms with Gasteiger partial charge in [-0.3, -0.25) is 9.78 Å². The first-order chi connectivity index (χ1) is 12.7. The van der Waals surface area contributed by atoms with Crippen molar-refractivity contribution in [1.82, 2.24) is 20.1 Å². The van der Waals surface area contributed by atoms with E-state index in [2.05, 4.69) is 33.8 Å². The maximum atomic E-state index is 12.4. The summed E-state index contributed by atoms with van der Waals surface area (Å²) >= 11 is 1.74. The summed E-state index contributed by atoms with van der Waals surface area (Å²) in [7, 11) is 0. The molecule has 1 saturated heterocycles. The highest BCUT2D eigenvalue weighted by atomic mass is 32.1. The fourth-order valence-electron chi connectivity index (χ4n) is 3.13. The molecule has 4 heterocycles. The summed E-state index contributed by atoms with van der Waals surface area (Å²) in [5, 5.41) is 10.2. The molecule has 26 heavy (non-hydrogen) atoms. The van der Waals surface area contributed by atoms with Crippen LogP contribution in [0.25, 0.3) is 11.3 Å². The third-order valence-corrected chi connectivity index (χ3v) is 5.68. The molecule has 3 aromatic rings. The molecular weight excluding hydrogens is 348 g/mol. The van der Waals surface area contributed by atoms with Gasteiger partial charge in [-0.1, -0.05) is 0 Å². The molecule has 6 nitrogen and oxygen atoms in total. The molecule has 0 radical (unpaired) electrons. The van der Waals surface area contributed by atoms with Crippen molar-refractivity contribution in [1.29, 1.82) is 0 Å². The van der Waals surface area contributed by atoms with Crippen LogP contribution in [0.5, 0.6) is 0 Å². The second kappa shape index (κ2) is 7.49. The van der Waals surface area contributed by atoms with Gasteiger partial charge < -0.3 is 10.1 Å². The van der Waals surface area contributed by atoms with Gasteiger partial charge in [-0.05, 0) is 42.1 Å². The maximum Gasteiger partial charge on any atom is 0.267 e. The van der Waals surface area contributed by atoms with Gasteiger partial charge in [0.15, 0.2) is 0 Å². The van der Waals surface area contributed by atoms with Gasteiger partial charge in [-0.2, -0.15) is 5.10 Å². The van der Waals surface area contributed by atoms with E-state index in [1.165, 1.54) is 10.4 Å². The van der Waals surface area contributed by atoms with Gasteiger partial charge >= 0.3 is 0 Å². The lowest BCUT2D eigenvalue weighted by Crippen LogP contribution is -2.41. The SMILES string of the molecule is Cc1ccsc1CNC1COCC1n1nc(-c2ccncc2)ccc1=O. The Hall–Kier alpha value is -2.35. The zero-order valence-electron chi connectivity index (χ0n) is 14.5. The second-order valence-electron chi connectivity index (χ2n) is 6.36. The minimum Gasteiger partial charge on any atom is -0.377 e. The molecule has 0 saturated carbocycles. The first kappa shape index (κ1) is 17.1. The second-order valence-corrected chi connectivity index (χ2v) is 7.36. The fourth-order valence-corrected chi connectivity index (χ4v) is 3.98. The number of aromatic nitrogens is 3. The predicted octanol–water partition coefficient (Wildman–Crippen LogP) is 2.40.